The van der Waals surface area contributed by atoms with Crippen LogP contribution in [0, 0.1) is 0 Å². The van der Waals surface area contributed by atoms with Gasteiger partial charge in [-0.05, 0) is 29.8 Å². The molecule has 0 bridgehead atoms. The molecule has 1 aliphatic rings. The Labute approximate surface area is 213 Å². The maximum atomic E-state index is 5.26. The number of imidazole rings is 1. The Morgan fingerprint density at radius 1 is 1.03 bits per heavy atom. The topological polar surface area (TPSA) is 57.9 Å². The van der Waals surface area contributed by atoms with E-state index in [1.807, 2.05) is 31.4 Å². The number of guanidine groups is 1. The van der Waals surface area contributed by atoms with E-state index in [0.717, 1.165) is 63.2 Å². The molecule has 33 heavy (non-hydrogen) atoms. The lowest BCUT2D eigenvalue weighted by Crippen LogP contribution is -2.52. The van der Waals surface area contributed by atoms with Crippen molar-refractivity contribution in [1.82, 2.24) is 19.8 Å². The first-order valence-corrected chi connectivity index (χ1v) is 11.2. The van der Waals surface area contributed by atoms with Crippen LogP contribution in [0.5, 0.6) is 5.75 Å². The SMILES string of the molecule is CN=C(NCCc1nccn1Cc1ccccc1)N1CCN(c2ccc(OC)cc2)CC1.I. The fourth-order valence-electron chi connectivity index (χ4n) is 4.08. The van der Waals surface area contributed by atoms with Crippen molar-refractivity contribution in [3.05, 3.63) is 78.4 Å². The van der Waals surface area contributed by atoms with Crippen LogP contribution >= 0.6 is 24.0 Å². The molecule has 0 atom stereocenters. The highest BCUT2D eigenvalue weighted by Gasteiger charge is 2.20. The number of piperazine rings is 1. The molecule has 3 aromatic rings. The molecular formula is C25H33IN6O. The fourth-order valence-corrected chi connectivity index (χ4v) is 4.08. The summed E-state index contributed by atoms with van der Waals surface area (Å²) in [5.74, 6) is 2.93. The molecule has 1 saturated heterocycles. The number of hydrogen-bond donors (Lipinski definition) is 1. The van der Waals surface area contributed by atoms with Crippen LogP contribution < -0.4 is 15.0 Å². The van der Waals surface area contributed by atoms with Crippen LogP contribution in [0.15, 0.2) is 72.0 Å². The van der Waals surface area contributed by atoms with E-state index in [0.29, 0.717) is 0 Å². The Balaban J connectivity index is 0.00000306. The number of aromatic nitrogens is 2. The van der Waals surface area contributed by atoms with Crippen molar-refractivity contribution >= 4 is 35.6 Å². The highest BCUT2D eigenvalue weighted by Crippen LogP contribution is 2.20. The van der Waals surface area contributed by atoms with E-state index in [4.69, 9.17) is 4.74 Å². The standard InChI is InChI=1S/C25H32N6O.HI/c1-26-25(30-18-16-29(17-19-30)22-8-10-23(32-2)11-9-22)28-13-12-24-27-14-15-31(24)20-21-6-4-3-5-7-21;/h3-11,14-15H,12-13,16-20H2,1-2H3,(H,26,28);1H. The van der Waals surface area contributed by atoms with Gasteiger partial charge in [-0.25, -0.2) is 4.98 Å². The lowest BCUT2D eigenvalue weighted by atomic mass is 10.2. The second-order valence-corrected chi connectivity index (χ2v) is 7.85. The normalized spacial score (nSPS) is 14.1. The second-order valence-electron chi connectivity index (χ2n) is 7.85. The summed E-state index contributed by atoms with van der Waals surface area (Å²) in [6.07, 6.45) is 4.78. The summed E-state index contributed by atoms with van der Waals surface area (Å²) in [7, 11) is 3.55. The molecule has 0 amide bonds. The third kappa shape index (κ3) is 6.63. The lowest BCUT2D eigenvalue weighted by molar-refractivity contribution is 0.372. The van der Waals surface area contributed by atoms with Crippen LogP contribution in [0.1, 0.15) is 11.4 Å². The smallest absolute Gasteiger partial charge is 0.193 e. The van der Waals surface area contributed by atoms with E-state index >= 15 is 0 Å². The zero-order chi connectivity index (χ0) is 22.2. The van der Waals surface area contributed by atoms with Crippen LogP contribution in [0.4, 0.5) is 5.69 Å². The van der Waals surface area contributed by atoms with Crippen molar-refractivity contribution in [1.29, 1.82) is 0 Å². The van der Waals surface area contributed by atoms with Gasteiger partial charge in [0.1, 0.15) is 11.6 Å². The average Bonchev–Trinajstić information content (AvgIpc) is 3.29. The number of hydrogen-bond acceptors (Lipinski definition) is 4. The van der Waals surface area contributed by atoms with Gasteiger partial charge in [0.25, 0.3) is 0 Å². The van der Waals surface area contributed by atoms with Crippen LogP contribution in [-0.2, 0) is 13.0 Å². The number of ether oxygens (including phenoxy) is 1. The molecule has 1 aromatic heterocycles. The van der Waals surface area contributed by atoms with Crippen molar-refractivity contribution in [3.8, 4) is 5.75 Å². The molecule has 0 saturated carbocycles. The minimum atomic E-state index is 0. The molecule has 2 aromatic carbocycles. The molecule has 4 rings (SSSR count). The van der Waals surface area contributed by atoms with Gasteiger partial charge >= 0.3 is 0 Å². The summed E-state index contributed by atoms with van der Waals surface area (Å²) in [6, 6.07) is 18.8. The molecular weight excluding hydrogens is 527 g/mol. The second kappa shape index (κ2) is 12.5. The first kappa shape index (κ1) is 24.9. The van der Waals surface area contributed by atoms with E-state index in [9.17, 15) is 0 Å². The molecule has 1 aliphatic heterocycles. The zero-order valence-electron chi connectivity index (χ0n) is 19.4. The monoisotopic (exact) mass is 560 g/mol. The average molecular weight is 560 g/mol. The van der Waals surface area contributed by atoms with Crippen molar-refractivity contribution in [2.24, 2.45) is 4.99 Å². The van der Waals surface area contributed by atoms with Crippen LogP contribution in [0.3, 0.4) is 0 Å². The molecule has 0 aliphatic carbocycles. The predicted octanol–water partition coefficient (Wildman–Crippen LogP) is 3.50. The fraction of sp³-hybridized carbons (Fsp3) is 0.360. The number of anilines is 1. The molecule has 2 heterocycles. The predicted molar refractivity (Wildman–Crippen MR) is 145 cm³/mol. The van der Waals surface area contributed by atoms with Crippen LogP contribution in [0.25, 0.3) is 0 Å². The third-order valence-electron chi connectivity index (χ3n) is 5.86. The molecule has 0 radical (unpaired) electrons. The zero-order valence-corrected chi connectivity index (χ0v) is 21.7. The highest BCUT2D eigenvalue weighted by atomic mass is 127. The number of benzene rings is 2. The van der Waals surface area contributed by atoms with Crippen molar-refractivity contribution in [3.63, 3.8) is 0 Å². The molecule has 7 nitrogen and oxygen atoms in total. The summed E-state index contributed by atoms with van der Waals surface area (Å²) >= 11 is 0. The van der Waals surface area contributed by atoms with Gasteiger partial charge in [-0.2, -0.15) is 0 Å². The van der Waals surface area contributed by atoms with E-state index in [2.05, 4.69) is 72.3 Å². The van der Waals surface area contributed by atoms with Crippen LogP contribution in [-0.4, -0.2) is 67.3 Å². The van der Waals surface area contributed by atoms with Gasteiger partial charge in [0.15, 0.2) is 5.96 Å². The van der Waals surface area contributed by atoms with Crippen molar-refractivity contribution in [2.45, 2.75) is 13.0 Å². The maximum Gasteiger partial charge on any atom is 0.193 e. The Kier molecular flexibility index (Phi) is 9.41. The van der Waals surface area contributed by atoms with E-state index in [-0.39, 0.29) is 24.0 Å². The first-order chi connectivity index (χ1) is 15.8. The number of rotatable bonds is 7. The minimum absolute atomic E-state index is 0. The quantitative estimate of drug-likeness (QED) is 0.273. The molecule has 1 N–H and O–H groups in total. The Morgan fingerprint density at radius 2 is 1.76 bits per heavy atom. The molecule has 1 fully saturated rings. The van der Waals surface area contributed by atoms with Gasteiger partial charge in [-0.3, -0.25) is 4.99 Å². The Morgan fingerprint density at radius 3 is 2.42 bits per heavy atom. The molecule has 8 heteroatoms. The summed E-state index contributed by atoms with van der Waals surface area (Å²) in [4.78, 5) is 13.8. The lowest BCUT2D eigenvalue weighted by Gasteiger charge is -2.37. The van der Waals surface area contributed by atoms with Gasteiger partial charge in [-0.15, -0.1) is 24.0 Å². The van der Waals surface area contributed by atoms with Crippen molar-refractivity contribution in [2.75, 3.05) is 51.8 Å². The summed E-state index contributed by atoms with van der Waals surface area (Å²) in [5.41, 5.74) is 2.52. The summed E-state index contributed by atoms with van der Waals surface area (Å²) in [5, 5.41) is 3.53. The molecule has 0 unspecified atom stereocenters. The number of nitrogens with zero attached hydrogens (tertiary/aromatic N) is 5. The maximum absolute atomic E-state index is 5.26. The summed E-state index contributed by atoms with van der Waals surface area (Å²) < 4.78 is 7.48. The van der Waals surface area contributed by atoms with Gasteiger partial charge in [0.2, 0.25) is 0 Å². The number of halogens is 1. The number of aliphatic imine (C=N–C) groups is 1. The largest absolute Gasteiger partial charge is 0.497 e. The van der Waals surface area contributed by atoms with Gasteiger partial charge in [-0.1, -0.05) is 30.3 Å². The van der Waals surface area contributed by atoms with Gasteiger partial charge < -0.3 is 24.4 Å². The Hall–Kier alpha value is -2.75. The minimum Gasteiger partial charge on any atom is -0.497 e. The Bertz CT molecular complexity index is 997. The molecule has 176 valence electrons. The number of methoxy groups -OCH3 is 1. The first-order valence-electron chi connectivity index (χ1n) is 11.2. The van der Waals surface area contributed by atoms with E-state index in [1.54, 1.807) is 7.11 Å². The molecule has 0 spiro atoms. The third-order valence-corrected chi connectivity index (χ3v) is 5.86. The summed E-state index contributed by atoms with van der Waals surface area (Å²) in [6.45, 7) is 5.46. The highest BCUT2D eigenvalue weighted by molar-refractivity contribution is 14.0. The number of nitrogens with one attached hydrogen (secondary N) is 1. The van der Waals surface area contributed by atoms with E-state index in [1.165, 1.54) is 11.3 Å². The van der Waals surface area contributed by atoms with Crippen molar-refractivity contribution < 1.29 is 4.74 Å². The van der Waals surface area contributed by atoms with Crippen LogP contribution in [0.2, 0.25) is 0 Å². The van der Waals surface area contributed by atoms with E-state index < -0.39 is 0 Å². The van der Waals surface area contributed by atoms with Gasteiger partial charge in [0, 0.05) is 70.8 Å². The van der Waals surface area contributed by atoms with Gasteiger partial charge in [0.05, 0.1) is 7.11 Å².